The van der Waals surface area contributed by atoms with Crippen LogP contribution in [-0.2, 0) is 9.53 Å². The topological polar surface area (TPSA) is 26.3 Å². The average Bonchev–Trinajstić information content (AvgIpc) is 2.07. The van der Waals surface area contributed by atoms with Crippen LogP contribution in [0.15, 0.2) is 36.6 Å². The van der Waals surface area contributed by atoms with E-state index in [-0.39, 0.29) is 5.97 Å². The van der Waals surface area contributed by atoms with Crippen molar-refractivity contribution in [3.63, 3.8) is 0 Å². The maximum absolute atomic E-state index is 11.1. The molecule has 0 amide bonds. The van der Waals surface area contributed by atoms with Gasteiger partial charge in [-0.15, -0.1) is 0 Å². The summed E-state index contributed by atoms with van der Waals surface area (Å²) in [5.74, 6) is -0.359. The first-order valence-electron chi connectivity index (χ1n) is 3.81. The fourth-order valence-electron chi connectivity index (χ4n) is 0.858. The molecule has 0 radical (unpaired) electrons. The summed E-state index contributed by atoms with van der Waals surface area (Å²) in [4.78, 5) is 11.1. The largest absolute Gasteiger partial charge is 0.432 e. The molecule has 0 fully saturated rings. The van der Waals surface area contributed by atoms with Crippen molar-refractivity contribution in [1.82, 2.24) is 0 Å². The number of ether oxygens (including phenoxy) is 1. The molecule has 0 N–H and O–H groups in total. The molecule has 2 heteroatoms. The molecule has 0 aliphatic heterocycles. The molecule has 0 saturated carbocycles. The van der Waals surface area contributed by atoms with Crippen molar-refractivity contribution >= 4 is 5.97 Å². The van der Waals surface area contributed by atoms with E-state index in [4.69, 9.17) is 0 Å². The summed E-state index contributed by atoms with van der Waals surface area (Å²) in [5.41, 5.74) is 1.49. The minimum absolute atomic E-state index is 0.359. The van der Waals surface area contributed by atoms with Crippen molar-refractivity contribution in [3.8, 4) is 0 Å². The summed E-state index contributed by atoms with van der Waals surface area (Å²) >= 11 is 0. The van der Waals surface area contributed by atoms with Gasteiger partial charge in [-0.3, -0.25) is 0 Å². The van der Waals surface area contributed by atoms with E-state index in [0.717, 1.165) is 18.3 Å². The minimum Gasteiger partial charge on any atom is -0.432 e. The van der Waals surface area contributed by atoms with E-state index in [1.54, 1.807) is 13.0 Å². The van der Waals surface area contributed by atoms with Gasteiger partial charge >= 0.3 is 5.97 Å². The first-order valence-corrected chi connectivity index (χ1v) is 3.81. The summed E-state index contributed by atoms with van der Waals surface area (Å²) in [5, 5.41) is 0. The predicted molar refractivity (Wildman–Crippen MR) is 49.5 cm³/mol. The van der Waals surface area contributed by atoms with Crippen LogP contribution in [0.4, 0.5) is 0 Å². The van der Waals surface area contributed by atoms with Crippen LogP contribution in [0.25, 0.3) is 0 Å². The molecule has 0 aliphatic rings. The van der Waals surface area contributed by atoms with Crippen LogP contribution in [-0.4, -0.2) is 5.97 Å². The molecule has 0 bridgehead atoms. The lowest BCUT2D eigenvalue weighted by Gasteiger charge is -2.03. The highest BCUT2D eigenvalue weighted by Crippen LogP contribution is 2.10. The lowest BCUT2D eigenvalue weighted by atomic mass is 10.1. The van der Waals surface area contributed by atoms with Gasteiger partial charge in [-0.2, -0.15) is 0 Å². The fraction of sp³-hybridized carbons (Fsp3) is 0.300. The molecule has 66 valence electrons. The Hall–Kier alpha value is -1.31. The Morgan fingerprint density at radius 1 is 1.50 bits per heavy atom. The Bertz CT molecular complexity index is 224. The van der Waals surface area contributed by atoms with Crippen LogP contribution < -0.4 is 0 Å². The van der Waals surface area contributed by atoms with Crippen molar-refractivity contribution in [2.24, 2.45) is 0 Å². The molecule has 0 aromatic rings. The zero-order chi connectivity index (χ0) is 9.56. The van der Waals surface area contributed by atoms with Gasteiger partial charge < -0.3 is 4.74 Å². The van der Waals surface area contributed by atoms with E-state index in [2.05, 4.69) is 17.9 Å². The monoisotopic (exact) mass is 166 g/mol. The maximum Gasteiger partial charge on any atom is 0.338 e. The summed E-state index contributed by atoms with van der Waals surface area (Å²) in [6.45, 7) is 10.6. The highest BCUT2D eigenvalue weighted by Gasteiger charge is 2.06. The van der Waals surface area contributed by atoms with Crippen molar-refractivity contribution in [2.75, 3.05) is 0 Å². The molecule has 12 heavy (non-hydrogen) atoms. The zero-order valence-corrected chi connectivity index (χ0v) is 7.59. The quantitative estimate of drug-likeness (QED) is 0.278. The Balaban J connectivity index is 4.61. The molecule has 0 atom stereocenters. The first kappa shape index (κ1) is 10.7. The molecule has 0 aromatic heterocycles. The number of carbonyl (C=O) groups excluding carboxylic acids is 1. The number of allylic oxidation sites excluding steroid dienone is 2. The first-order chi connectivity index (χ1) is 5.67. The molecule has 0 aliphatic carbocycles. The molecule has 0 unspecified atom stereocenters. The molecule has 0 rings (SSSR count). The third-order valence-corrected chi connectivity index (χ3v) is 1.61. The fourth-order valence-corrected chi connectivity index (χ4v) is 0.858. The third kappa shape index (κ3) is 2.74. The van der Waals surface area contributed by atoms with Crippen LogP contribution in [0, 0.1) is 0 Å². The Morgan fingerprint density at radius 3 is 2.42 bits per heavy atom. The Labute approximate surface area is 73.2 Å². The zero-order valence-electron chi connectivity index (χ0n) is 7.59. The van der Waals surface area contributed by atoms with Crippen LogP contribution in [0.2, 0.25) is 0 Å². The van der Waals surface area contributed by atoms with E-state index >= 15 is 0 Å². The number of esters is 1. The van der Waals surface area contributed by atoms with E-state index in [1.807, 2.05) is 6.92 Å². The summed E-state index contributed by atoms with van der Waals surface area (Å²) in [6.07, 6.45) is 3.57. The maximum atomic E-state index is 11.1. The number of hydrogen-bond donors (Lipinski definition) is 0. The molecule has 0 heterocycles. The van der Waals surface area contributed by atoms with Crippen molar-refractivity contribution in [1.29, 1.82) is 0 Å². The smallest absolute Gasteiger partial charge is 0.338 e. The van der Waals surface area contributed by atoms with Gasteiger partial charge in [-0.25, -0.2) is 4.79 Å². The van der Waals surface area contributed by atoms with Gasteiger partial charge in [0.25, 0.3) is 0 Å². The highest BCUT2D eigenvalue weighted by molar-refractivity contribution is 5.89. The molecule has 2 nitrogen and oxygen atoms in total. The van der Waals surface area contributed by atoms with Crippen LogP contribution >= 0.6 is 0 Å². The average molecular weight is 166 g/mol. The van der Waals surface area contributed by atoms with E-state index in [0.29, 0.717) is 5.57 Å². The Kier molecular flexibility index (Phi) is 4.77. The summed E-state index contributed by atoms with van der Waals surface area (Å²) in [6, 6.07) is 0. The van der Waals surface area contributed by atoms with Gasteiger partial charge in [-0.05, 0) is 18.9 Å². The van der Waals surface area contributed by atoms with Crippen molar-refractivity contribution in [2.45, 2.75) is 20.3 Å². The molecule has 0 saturated heterocycles. The summed E-state index contributed by atoms with van der Waals surface area (Å²) in [7, 11) is 0. The standard InChI is InChI=1S/C10H14O2/c1-5-9(6-2)8(4)10(11)12-7-3/h5,7H,1,3,6H2,2,4H3. The third-order valence-electron chi connectivity index (χ3n) is 1.61. The second-order valence-electron chi connectivity index (χ2n) is 2.28. The van der Waals surface area contributed by atoms with Crippen LogP contribution in [0.1, 0.15) is 20.3 Å². The number of carbonyl (C=O) groups is 1. The number of hydrogen-bond acceptors (Lipinski definition) is 2. The lowest BCUT2D eigenvalue weighted by molar-refractivity contribution is -0.133. The second kappa shape index (κ2) is 5.35. The van der Waals surface area contributed by atoms with Crippen LogP contribution in [0.3, 0.4) is 0 Å². The second-order valence-corrected chi connectivity index (χ2v) is 2.28. The minimum atomic E-state index is -0.359. The van der Waals surface area contributed by atoms with Crippen molar-refractivity contribution < 1.29 is 9.53 Å². The molecular weight excluding hydrogens is 152 g/mol. The highest BCUT2D eigenvalue weighted by atomic mass is 16.5. The van der Waals surface area contributed by atoms with Gasteiger partial charge in [0.1, 0.15) is 0 Å². The normalized spacial score (nSPS) is 11.5. The summed E-state index contributed by atoms with van der Waals surface area (Å²) < 4.78 is 4.61. The Morgan fingerprint density at radius 2 is 2.08 bits per heavy atom. The van der Waals surface area contributed by atoms with Crippen molar-refractivity contribution in [3.05, 3.63) is 36.6 Å². The lowest BCUT2D eigenvalue weighted by Crippen LogP contribution is -2.03. The van der Waals surface area contributed by atoms with E-state index < -0.39 is 0 Å². The van der Waals surface area contributed by atoms with E-state index in [1.165, 1.54) is 0 Å². The molecule has 0 spiro atoms. The predicted octanol–water partition coefficient (Wildman–Crippen LogP) is 2.59. The van der Waals surface area contributed by atoms with Crippen LogP contribution in [0.5, 0.6) is 0 Å². The van der Waals surface area contributed by atoms with Gasteiger partial charge in [0.2, 0.25) is 0 Å². The van der Waals surface area contributed by atoms with E-state index in [9.17, 15) is 4.79 Å². The van der Waals surface area contributed by atoms with Gasteiger partial charge in [0.05, 0.1) is 6.26 Å². The van der Waals surface area contributed by atoms with Gasteiger partial charge in [0.15, 0.2) is 0 Å². The molecular formula is C10H14O2. The number of rotatable bonds is 4. The van der Waals surface area contributed by atoms with Gasteiger partial charge in [-0.1, -0.05) is 26.2 Å². The SMILES string of the molecule is C=COC(=O)C(C)=C(C=C)CC. The van der Waals surface area contributed by atoms with Gasteiger partial charge in [0, 0.05) is 5.57 Å². The molecule has 0 aromatic carbocycles.